The van der Waals surface area contributed by atoms with Gasteiger partial charge in [-0.1, -0.05) is 0 Å². The number of hydrogen-bond acceptors (Lipinski definition) is 3. The van der Waals surface area contributed by atoms with E-state index in [4.69, 9.17) is 11.5 Å². The first-order valence-corrected chi connectivity index (χ1v) is 5.04. The van der Waals surface area contributed by atoms with E-state index in [9.17, 15) is 13.2 Å². The van der Waals surface area contributed by atoms with E-state index in [-0.39, 0.29) is 5.69 Å². The average Bonchev–Trinajstić information content (AvgIpc) is 2.31. The van der Waals surface area contributed by atoms with E-state index in [0.29, 0.717) is 23.1 Å². The molecule has 0 heterocycles. The molecule has 5 N–H and O–H groups in total. The van der Waals surface area contributed by atoms with Crippen molar-refractivity contribution in [2.24, 2.45) is 0 Å². The zero-order valence-electron chi connectivity index (χ0n) is 9.18. The summed E-state index contributed by atoms with van der Waals surface area (Å²) in [6.45, 7) is 0. The fraction of sp³-hybridized carbons (Fsp3) is 0. The monoisotopic (exact) mass is 253 g/mol. The molecule has 0 saturated carbocycles. The minimum Gasteiger partial charge on any atom is -0.397 e. The summed E-state index contributed by atoms with van der Waals surface area (Å²) in [4.78, 5) is 0. The fourth-order valence-corrected chi connectivity index (χ4v) is 1.43. The molecule has 0 spiro atoms. The highest BCUT2D eigenvalue weighted by molar-refractivity contribution is 5.72. The predicted octanol–water partition coefficient (Wildman–Crippen LogP) is 3.01. The Hall–Kier alpha value is -2.37. The molecular weight excluding hydrogens is 243 g/mol. The number of benzene rings is 2. The van der Waals surface area contributed by atoms with E-state index in [2.05, 4.69) is 5.32 Å². The van der Waals surface area contributed by atoms with Gasteiger partial charge in [-0.05, 0) is 18.2 Å². The van der Waals surface area contributed by atoms with Gasteiger partial charge in [0, 0.05) is 17.8 Å². The molecule has 0 aromatic heterocycles. The van der Waals surface area contributed by atoms with Gasteiger partial charge in [-0.3, -0.25) is 0 Å². The van der Waals surface area contributed by atoms with Crippen LogP contribution in [0.25, 0.3) is 0 Å². The van der Waals surface area contributed by atoms with Crippen molar-refractivity contribution in [3.8, 4) is 0 Å². The molecule has 2 aromatic carbocycles. The van der Waals surface area contributed by atoms with Crippen molar-refractivity contribution < 1.29 is 13.2 Å². The Kier molecular flexibility index (Phi) is 3.01. The molecule has 0 radical (unpaired) electrons. The second-order valence-corrected chi connectivity index (χ2v) is 3.71. The Morgan fingerprint density at radius 1 is 0.778 bits per heavy atom. The van der Waals surface area contributed by atoms with Crippen LogP contribution >= 0.6 is 0 Å². The average molecular weight is 253 g/mol. The summed E-state index contributed by atoms with van der Waals surface area (Å²) in [6, 6.07) is 5.74. The van der Waals surface area contributed by atoms with Crippen LogP contribution in [0.5, 0.6) is 0 Å². The van der Waals surface area contributed by atoms with Gasteiger partial charge in [0.25, 0.3) is 0 Å². The van der Waals surface area contributed by atoms with E-state index >= 15 is 0 Å². The standard InChI is InChI=1S/C12H10F3N3/c13-7-4-9(15)12(5-8(7)14)18-6-1-2-10(16)11(17)3-6/h1-5,18H,16-17H2. The van der Waals surface area contributed by atoms with Crippen LogP contribution in [-0.4, -0.2) is 0 Å². The Morgan fingerprint density at radius 2 is 1.44 bits per heavy atom. The quantitative estimate of drug-likeness (QED) is 0.569. The third-order valence-corrected chi connectivity index (χ3v) is 2.38. The van der Waals surface area contributed by atoms with E-state index < -0.39 is 17.5 Å². The molecular formula is C12H10F3N3. The fourth-order valence-electron chi connectivity index (χ4n) is 1.43. The zero-order valence-corrected chi connectivity index (χ0v) is 9.18. The van der Waals surface area contributed by atoms with Gasteiger partial charge in [0.15, 0.2) is 11.6 Å². The van der Waals surface area contributed by atoms with Gasteiger partial charge in [-0.25, -0.2) is 13.2 Å². The Balaban J connectivity index is 2.34. The molecule has 0 amide bonds. The van der Waals surface area contributed by atoms with Crippen LogP contribution in [0.15, 0.2) is 30.3 Å². The number of nitrogens with two attached hydrogens (primary N) is 2. The van der Waals surface area contributed by atoms with E-state index in [1.807, 2.05) is 0 Å². The highest BCUT2D eigenvalue weighted by Gasteiger charge is 2.10. The molecule has 94 valence electrons. The Bertz CT molecular complexity index is 599. The molecule has 2 rings (SSSR count). The number of anilines is 4. The lowest BCUT2D eigenvalue weighted by molar-refractivity contribution is 0.496. The van der Waals surface area contributed by atoms with Crippen LogP contribution in [0.1, 0.15) is 0 Å². The molecule has 0 bridgehead atoms. The molecule has 0 fully saturated rings. The molecule has 2 aromatic rings. The van der Waals surface area contributed by atoms with Crippen molar-refractivity contribution in [1.82, 2.24) is 0 Å². The number of rotatable bonds is 2. The minimum absolute atomic E-state index is 0.182. The van der Waals surface area contributed by atoms with Crippen molar-refractivity contribution in [3.05, 3.63) is 47.8 Å². The maximum Gasteiger partial charge on any atom is 0.161 e. The van der Waals surface area contributed by atoms with Gasteiger partial charge in [0.05, 0.1) is 17.1 Å². The van der Waals surface area contributed by atoms with Crippen LogP contribution in [0.2, 0.25) is 0 Å². The summed E-state index contributed by atoms with van der Waals surface area (Å²) < 4.78 is 39.1. The molecule has 0 saturated heterocycles. The van der Waals surface area contributed by atoms with Crippen LogP contribution < -0.4 is 16.8 Å². The van der Waals surface area contributed by atoms with Gasteiger partial charge in [-0.2, -0.15) is 0 Å². The third-order valence-electron chi connectivity index (χ3n) is 2.38. The summed E-state index contributed by atoms with van der Waals surface area (Å²) in [5.41, 5.74) is 12.0. The van der Waals surface area contributed by atoms with Crippen LogP contribution in [0.4, 0.5) is 35.9 Å². The maximum atomic E-state index is 13.4. The number of nitrogens with one attached hydrogen (secondary N) is 1. The smallest absolute Gasteiger partial charge is 0.161 e. The molecule has 6 heteroatoms. The van der Waals surface area contributed by atoms with Crippen molar-refractivity contribution in [2.75, 3.05) is 16.8 Å². The SMILES string of the molecule is Nc1ccc(Nc2cc(F)c(F)cc2F)cc1N. The van der Waals surface area contributed by atoms with Crippen molar-refractivity contribution >= 4 is 22.7 Å². The Morgan fingerprint density at radius 3 is 2.11 bits per heavy atom. The summed E-state index contributed by atoms with van der Waals surface area (Å²) in [7, 11) is 0. The number of hydrogen-bond donors (Lipinski definition) is 3. The lowest BCUT2D eigenvalue weighted by Gasteiger charge is -2.09. The van der Waals surface area contributed by atoms with Crippen molar-refractivity contribution in [2.45, 2.75) is 0 Å². The van der Waals surface area contributed by atoms with Crippen molar-refractivity contribution in [3.63, 3.8) is 0 Å². The highest BCUT2D eigenvalue weighted by Crippen LogP contribution is 2.25. The zero-order chi connectivity index (χ0) is 13.3. The summed E-state index contributed by atoms with van der Waals surface area (Å²) in [5, 5.41) is 2.59. The second kappa shape index (κ2) is 4.48. The number of nitrogen functional groups attached to an aromatic ring is 2. The first-order valence-electron chi connectivity index (χ1n) is 5.04. The first-order chi connectivity index (χ1) is 8.47. The van der Waals surface area contributed by atoms with Gasteiger partial charge in [-0.15, -0.1) is 0 Å². The molecule has 0 aliphatic carbocycles. The van der Waals surface area contributed by atoms with Gasteiger partial charge < -0.3 is 16.8 Å². The van der Waals surface area contributed by atoms with Gasteiger partial charge in [0.2, 0.25) is 0 Å². The molecule has 0 unspecified atom stereocenters. The van der Waals surface area contributed by atoms with E-state index in [1.54, 1.807) is 6.07 Å². The highest BCUT2D eigenvalue weighted by atomic mass is 19.2. The summed E-state index contributed by atoms with van der Waals surface area (Å²) in [5.74, 6) is -3.28. The van der Waals surface area contributed by atoms with Gasteiger partial charge >= 0.3 is 0 Å². The van der Waals surface area contributed by atoms with Crippen LogP contribution in [0, 0.1) is 17.5 Å². The minimum atomic E-state index is -1.24. The molecule has 0 atom stereocenters. The second-order valence-electron chi connectivity index (χ2n) is 3.71. The largest absolute Gasteiger partial charge is 0.397 e. The lowest BCUT2D eigenvalue weighted by Crippen LogP contribution is -1.99. The summed E-state index contributed by atoms with van der Waals surface area (Å²) >= 11 is 0. The van der Waals surface area contributed by atoms with Crippen molar-refractivity contribution in [1.29, 1.82) is 0 Å². The number of halogens is 3. The normalized spacial score (nSPS) is 10.4. The molecule has 18 heavy (non-hydrogen) atoms. The van der Waals surface area contributed by atoms with Crippen LogP contribution in [-0.2, 0) is 0 Å². The topological polar surface area (TPSA) is 64.1 Å². The Labute approximate surface area is 101 Å². The summed E-state index contributed by atoms with van der Waals surface area (Å²) in [6.07, 6.45) is 0. The van der Waals surface area contributed by atoms with E-state index in [0.717, 1.165) is 6.07 Å². The van der Waals surface area contributed by atoms with Gasteiger partial charge in [0.1, 0.15) is 5.82 Å². The van der Waals surface area contributed by atoms with Crippen LogP contribution in [0.3, 0.4) is 0 Å². The van der Waals surface area contributed by atoms with E-state index in [1.165, 1.54) is 12.1 Å². The third kappa shape index (κ3) is 2.32. The molecule has 0 aliphatic rings. The molecule has 3 nitrogen and oxygen atoms in total. The predicted molar refractivity (Wildman–Crippen MR) is 64.9 cm³/mol. The molecule has 0 aliphatic heterocycles. The maximum absolute atomic E-state index is 13.4. The first kappa shape index (κ1) is 12.1. The lowest BCUT2D eigenvalue weighted by atomic mass is 10.2.